The minimum Gasteiger partial charge on any atom is -0.493 e. The number of amides is 1. The summed E-state index contributed by atoms with van der Waals surface area (Å²) in [5.74, 6) is 0.821. The average Bonchev–Trinajstić information content (AvgIpc) is 3.39. The van der Waals surface area contributed by atoms with Crippen molar-refractivity contribution >= 4 is 27.7 Å². The molecule has 6 heteroatoms. The molecule has 0 fully saturated rings. The third kappa shape index (κ3) is 4.59. The third-order valence-electron chi connectivity index (χ3n) is 6.99. The molecule has 5 rings (SSSR count). The first-order valence-electron chi connectivity index (χ1n) is 12.8. The Morgan fingerprint density at radius 3 is 2.42 bits per heavy atom. The van der Waals surface area contributed by atoms with Crippen LogP contribution in [0, 0.1) is 0 Å². The maximum atomic E-state index is 13.2. The molecule has 0 aliphatic carbocycles. The third-order valence-corrected chi connectivity index (χ3v) is 6.99. The number of carbonyl (C=O) groups is 1. The molecule has 1 N–H and O–H groups in total. The van der Waals surface area contributed by atoms with Crippen LogP contribution >= 0.6 is 0 Å². The second-order valence-corrected chi connectivity index (χ2v) is 10.2. The maximum Gasteiger partial charge on any atom is 0.252 e. The van der Waals surface area contributed by atoms with E-state index in [0.29, 0.717) is 13.2 Å². The molecule has 0 radical (unpaired) electrons. The van der Waals surface area contributed by atoms with Gasteiger partial charge in [0.25, 0.3) is 5.91 Å². The van der Waals surface area contributed by atoms with Gasteiger partial charge in [0, 0.05) is 47.1 Å². The lowest BCUT2D eigenvalue weighted by molar-refractivity contribution is 0.0966. The Labute approximate surface area is 213 Å². The van der Waals surface area contributed by atoms with Crippen LogP contribution in [0.4, 0.5) is 0 Å². The fraction of sp³-hybridized carbons (Fsp3) is 0.367. The first-order valence-corrected chi connectivity index (χ1v) is 12.8. The zero-order valence-corrected chi connectivity index (χ0v) is 21.8. The predicted molar refractivity (Wildman–Crippen MR) is 148 cm³/mol. The molecule has 1 aliphatic heterocycles. The Morgan fingerprint density at radius 1 is 0.889 bits per heavy atom. The van der Waals surface area contributed by atoms with E-state index in [2.05, 4.69) is 84.3 Å². The standard InChI is InChI=1S/C30H36N4O2/c1-32(2)15-9-17-34-25-13-7-5-12-22(25)28-24-20-31-30(35)29(24)23(19-26(28)34)21-11-6-8-14-27(21)36-18-10-16-33(3)4/h5-8,11-14,19H,9-10,15-18,20H2,1-4H3,(H,31,35). The highest BCUT2D eigenvalue weighted by molar-refractivity contribution is 6.17. The van der Waals surface area contributed by atoms with Gasteiger partial charge in [-0.15, -0.1) is 0 Å². The van der Waals surface area contributed by atoms with E-state index in [1.807, 2.05) is 18.2 Å². The van der Waals surface area contributed by atoms with Gasteiger partial charge in [0.2, 0.25) is 0 Å². The van der Waals surface area contributed by atoms with Crippen molar-refractivity contribution in [1.82, 2.24) is 19.7 Å². The first-order chi connectivity index (χ1) is 17.5. The van der Waals surface area contributed by atoms with Gasteiger partial charge in [-0.1, -0.05) is 36.4 Å². The summed E-state index contributed by atoms with van der Waals surface area (Å²) in [5, 5.41) is 5.51. The molecule has 188 valence electrons. The Balaban J connectivity index is 1.66. The summed E-state index contributed by atoms with van der Waals surface area (Å²) in [7, 11) is 8.37. The first kappa shape index (κ1) is 24.3. The largest absolute Gasteiger partial charge is 0.493 e. The van der Waals surface area contributed by atoms with E-state index in [0.717, 1.165) is 60.5 Å². The molecule has 0 saturated heterocycles. The van der Waals surface area contributed by atoms with E-state index in [9.17, 15) is 4.79 Å². The van der Waals surface area contributed by atoms with Crippen molar-refractivity contribution in [2.75, 3.05) is 47.9 Å². The summed E-state index contributed by atoms with van der Waals surface area (Å²) in [5.41, 5.74) is 6.20. The number of nitrogens with one attached hydrogen (secondary N) is 1. The number of ether oxygens (including phenoxy) is 1. The summed E-state index contributed by atoms with van der Waals surface area (Å²) < 4.78 is 8.69. The molecule has 1 aliphatic rings. The smallest absolute Gasteiger partial charge is 0.252 e. The topological polar surface area (TPSA) is 49.7 Å². The van der Waals surface area contributed by atoms with Gasteiger partial charge in [-0.3, -0.25) is 4.79 Å². The second-order valence-electron chi connectivity index (χ2n) is 10.2. The molecule has 0 spiro atoms. The highest BCUT2D eigenvalue weighted by atomic mass is 16.5. The lowest BCUT2D eigenvalue weighted by Gasteiger charge is -2.16. The van der Waals surface area contributed by atoms with E-state index in [4.69, 9.17) is 4.74 Å². The van der Waals surface area contributed by atoms with E-state index < -0.39 is 0 Å². The zero-order valence-electron chi connectivity index (χ0n) is 21.8. The predicted octanol–water partition coefficient (Wildman–Crippen LogP) is 4.99. The van der Waals surface area contributed by atoms with Gasteiger partial charge >= 0.3 is 0 Å². The number of nitrogens with zero attached hydrogens (tertiary/aromatic N) is 3. The molecule has 0 unspecified atom stereocenters. The van der Waals surface area contributed by atoms with Crippen LogP contribution in [0.5, 0.6) is 5.75 Å². The van der Waals surface area contributed by atoms with E-state index >= 15 is 0 Å². The number of hydrogen-bond donors (Lipinski definition) is 1. The number of hydrogen-bond acceptors (Lipinski definition) is 4. The number of fused-ring (bicyclic) bond motifs is 5. The number of benzene rings is 3. The Bertz CT molecular complexity index is 1400. The van der Waals surface area contributed by atoms with E-state index in [1.165, 1.54) is 21.8 Å². The number of aromatic nitrogens is 1. The van der Waals surface area contributed by atoms with Crippen molar-refractivity contribution in [3.63, 3.8) is 0 Å². The van der Waals surface area contributed by atoms with Gasteiger partial charge in [0.1, 0.15) is 5.75 Å². The highest BCUT2D eigenvalue weighted by Crippen LogP contribution is 2.42. The van der Waals surface area contributed by atoms with E-state index in [-0.39, 0.29) is 5.91 Å². The molecule has 6 nitrogen and oxygen atoms in total. The summed E-state index contributed by atoms with van der Waals surface area (Å²) in [6, 6.07) is 18.9. The quantitative estimate of drug-likeness (QED) is 0.322. The highest BCUT2D eigenvalue weighted by Gasteiger charge is 2.29. The Hall–Kier alpha value is -3.35. The number of carbonyl (C=O) groups excluding carboxylic acids is 1. The molecule has 2 heterocycles. The van der Waals surface area contributed by atoms with Crippen molar-refractivity contribution in [3.05, 3.63) is 65.7 Å². The second kappa shape index (κ2) is 10.3. The van der Waals surface area contributed by atoms with Crippen LogP contribution in [0.25, 0.3) is 32.9 Å². The summed E-state index contributed by atoms with van der Waals surface area (Å²) in [4.78, 5) is 17.6. The van der Waals surface area contributed by atoms with Gasteiger partial charge in [0.05, 0.1) is 17.7 Å². The average molecular weight is 485 g/mol. The molecule has 0 saturated carbocycles. The number of rotatable bonds is 10. The Kier molecular flexibility index (Phi) is 6.99. The fourth-order valence-electron chi connectivity index (χ4n) is 5.36. The molecule has 4 aromatic rings. The van der Waals surface area contributed by atoms with Crippen molar-refractivity contribution < 1.29 is 9.53 Å². The molecule has 3 aromatic carbocycles. The van der Waals surface area contributed by atoms with Crippen LogP contribution in [0.1, 0.15) is 28.8 Å². The minimum absolute atomic E-state index is 0.00579. The van der Waals surface area contributed by atoms with Crippen molar-refractivity contribution in [2.24, 2.45) is 0 Å². The van der Waals surface area contributed by atoms with Crippen LogP contribution in [0.15, 0.2) is 54.6 Å². The van der Waals surface area contributed by atoms with Gasteiger partial charge in [-0.25, -0.2) is 0 Å². The normalized spacial score (nSPS) is 13.2. The minimum atomic E-state index is -0.00579. The van der Waals surface area contributed by atoms with Crippen molar-refractivity contribution in [3.8, 4) is 16.9 Å². The number of para-hydroxylation sites is 2. The lowest BCUT2D eigenvalue weighted by Crippen LogP contribution is -2.16. The molecule has 1 amide bonds. The van der Waals surface area contributed by atoms with Crippen LogP contribution < -0.4 is 10.1 Å². The van der Waals surface area contributed by atoms with Gasteiger partial charge in [-0.05, 0) is 71.3 Å². The van der Waals surface area contributed by atoms with E-state index in [1.54, 1.807) is 0 Å². The van der Waals surface area contributed by atoms with Gasteiger partial charge < -0.3 is 24.4 Å². The van der Waals surface area contributed by atoms with Crippen molar-refractivity contribution in [2.45, 2.75) is 25.9 Å². The summed E-state index contributed by atoms with van der Waals surface area (Å²) in [6.07, 6.45) is 2.00. The van der Waals surface area contributed by atoms with Crippen LogP contribution in [0.2, 0.25) is 0 Å². The molecular formula is C30H36N4O2. The Morgan fingerprint density at radius 2 is 1.61 bits per heavy atom. The lowest BCUT2D eigenvalue weighted by atomic mass is 9.92. The molecule has 0 bridgehead atoms. The van der Waals surface area contributed by atoms with Crippen LogP contribution in [0.3, 0.4) is 0 Å². The maximum absolute atomic E-state index is 13.2. The fourth-order valence-corrected chi connectivity index (χ4v) is 5.36. The molecule has 1 aromatic heterocycles. The van der Waals surface area contributed by atoms with Gasteiger partial charge in [0.15, 0.2) is 0 Å². The zero-order chi connectivity index (χ0) is 25.2. The summed E-state index contributed by atoms with van der Waals surface area (Å²) >= 11 is 0. The van der Waals surface area contributed by atoms with Gasteiger partial charge in [-0.2, -0.15) is 0 Å². The SMILES string of the molecule is CN(C)CCCOc1ccccc1-c1cc2c(c3c1C(=O)NC3)c1ccccc1n2CCCN(C)C. The molecular weight excluding hydrogens is 448 g/mol. The van der Waals surface area contributed by atoms with Crippen LogP contribution in [-0.2, 0) is 13.1 Å². The number of aryl methyl sites for hydroxylation is 1. The van der Waals surface area contributed by atoms with Crippen LogP contribution in [-0.4, -0.2) is 68.2 Å². The molecule has 0 atom stereocenters. The summed E-state index contributed by atoms with van der Waals surface area (Å²) in [6.45, 7) is 4.10. The monoisotopic (exact) mass is 484 g/mol. The molecule has 36 heavy (non-hydrogen) atoms. The van der Waals surface area contributed by atoms with Crippen molar-refractivity contribution in [1.29, 1.82) is 0 Å².